The lowest BCUT2D eigenvalue weighted by Crippen LogP contribution is -2.46. The van der Waals surface area contributed by atoms with Gasteiger partial charge in [-0.2, -0.15) is 0 Å². The van der Waals surface area contributed by atoms with Gasteiger partial charge in [0, 0.05) is 18.6 Å². The Morgan fingerprint density at radius 3 is 2.13 bits per heavy atom. The van der Waals surface area contributed by atoms with Gasteiger partial charge < -0.3 is 10.2 Å². The summed E-state index contributed by atoms with van der Waals surface area (Å²) in [4.78, 5) is 2.22. The quantitative estimate of drug-likeness (QED) is 0.647. The van der Waals surface area contributed by atoms with E-state index >= 15 is 0 Å². The van der Waals surface area contributed by atoms with Crippen molar-refractivity contribution in [3.05, 3.63) is 65.7 Å². The predicted molar refractivity (Wildman–Crippen MR) is 125 cm³/mol. The molecule has 8 heteroatoms. The summed E-state index contributed by atoms with van der Waals surface area (Å²) in [6.07, 6.45) is 0. The molecule has 0 amide bonds. The van der Waals surface area contributed by atoms with E-state index in [1.54, 1.807) is 24.3 Å². The minimum atomic E-state index is -3.79. The number of hydrogen-bond acceptors (Lipinski definition) is 6. The van der Waals surface area contributed by atoms with Crippen LogP contribution in [0.1, 0.15) is 36.9 Å². The van der Waals surface area contributed by atoms with Gasteiger partial charge in [0.15, 0.2) is 19.7 Å². The van der Waals surface area contributed by atoms with Crippen molar-refractivity contribution in [3.63, 3.8) is 0 Å². The summed E-state index contributed by atoms with van der Waals surface area (Å²) in [5.41, 5.74) is 2.13. The van der Waals surface area contributed by atoms with Crippen molar-refractivity contribution in [1.82, 2.24) is 10.2 Å². The predicted octanol–water partition coefficient (Wildman–Crippen LogP) is 2.64. The highest BCUT2D eigenvalue weighted by Crippen LogP contribution is 2.28. The van der Waals surface area contributed by atoms with Crippen LogP contribution in [0.15, 0.2) is 59.5 Å². The lowest BCUT2D eigenvalue weighted by Gasteiger charge is -2.28. The molecule has 2 aromatic carbocycles. The van der Waals surface area contributed by atoms with Crippen LogP contribution in [0.25, 0.3) is 0 Å². The van der Waals surface area contributed by atoms with Crippen molar-refractivity contribution in [1.29, 1.82) is 0 Å². The van der Waals surface area contributed by atoms with Crippen LogP contribution in [-0.4, -0.2) is 65.2 Å². The SMILES string of the molecule is CC(C)c1ccc(S(=O)(=O)[C@H]2CS(=O)(=O)C[C@@H]2NCC(c2ccccc2)N(C)C)cc1. The highest BCUT2D eigenvalue weighted by atomic mass is 32.2. The van der Waals surface area contributed by atoms with Crippen molar-refractivity contribution < 1.29 is 16.8 Å². The third kappa shape index (κ3) is 5.55. The van der Waals surface area contributed by atoms with Gasteiger partial charge in [-0.25, -0.2) is 16.8 Å². The Hall–Kier alpha value is -1.74. The molecule has 3 atom stereocenters. The van der Waals surface area contributed by atoms with E-state index in [1.807, 2.05) is 63.2 Å². The van der Waals surface area contributed by atoms with Crippen molar-refractivity contribution in [3.8, 4) is 0 Å². The minimum Gasteiger partial charge on any atom is -0.310 e. The number of benzene rings is 2. The van der Waals surface area contributed by atoms with Crippen LogP contribution in [0.2, 0.25) is 0 Å². The smallest absolute Gasteiger partial charge is 0.183 e. The summed E-state index contributed by atoms with van der Waals surface area (Å²) in [5.74, 6) is -0.230. The summed E-state index contributed by atoms with van der Waals surface area (Å²) in [6, 6.07) is 16.1. The number of nitrogens with zero attached hydrogens (tertiary/aromatic N) is 1. The molecule has 1 aliphatic heterocycles. The lowest BCUT2D eigenvalue weighted by molar-refractivity contribution is 0.282. The molecule has 0 aromatic heterocycles. The fourth-order valence-electron chi connectivity index (χ4n) is 4.07. The van der Waals surface area contributed by atoms with Gasteiger partial charge in [0.25, 0.3) is 0 Å². The Bertz CT molecular complexity index is 1080. The van der Waals surface area contributed by atoms with Crippen molar-refractivity contribution in [2.75, 3.05) is 32.1 Å². The molecule has 2 aromatic rings. The highest BCUT2D eigenvalue weighted by Gasteiger charge is 2.45. The first-order valence-electron chi connectivity index (χ1n) is 10.5. The third-order valence-electron chi connectivity index (χ3n) is 5.96. The number of sulfone groups is 2. The molecular weight excluding hydrogens is 432 g/mol. The number of rotatable bonds is 8. The summed E-state index contributed by atoms with van der Waals surface area (Å²) in [6.45, 7) is 4.54. The zero-order valence-electron chi connectivity index (χ0n) is 18.5. The van der Waals surface area contributed by atoms with Crippen LogP contribution in [0.5, 0.6) is 0 Å². The van der Waals surface area contributed by atoms with Crippen molar-refractivity contribution in [2.45, 2.75) is 42.0 Å². The van der Waals surface area contributed by atoms with Crippen molar-refractivity contribution in [2.24, 2.45) is 0 Å². The Morgan fingerprint density at radius 1 is 0.968 bits per heavy atom. The van der Waals surface area contributed by atoms with Crippen LogP contribution >= 0.6 is 0 Å². The van der Waals surface area contributed by atoms with E-state index in [4.69, 9.17) is 0 Å². The maximum Gasteiger partial charge on any atom is 0.183 e. The van der Waals surface area contributed by atoms with Crippen LogP contribution in [0.3, 0.4) is 0 Å². The molecular formula is C23H32N2O4S2. The molecule has 1 unspecified atom stereocenters. The van der Waals surface area contributed by atoms with E-state index in [-0.39, 0.29) is 22.4 Å². The second kappa shape index (κ2) is 9.40. The molecule has 0 aliphatic carbocycles. The monoisotopic (exact) mass is 464 g/mol. The number of hydrogen-bond donors (Lipinski definition) is 1. The van der Waals surface area contributed by atoms with E-state index < -0.39 is 31.0 Å². The van der Waals surface area contributed by atoms with Gasteiger partial charge >= 0.3 is 0 Å². The molecule has 0 spiro atoms. The molecule has 0 saturated carbocycles. The van der Waals surface area contributed by atoms with Gasteiger partial charge in [0.05, 0.1) is 21.7 Å². The van der Waals surface area contributed by atoms with Gasteiger partial charge in [-0.1, -0.05) is 56.3 Å². The van der Waals surface area contributed by atoms with Gasteiger partial charge in [-0.3, -0.25) is 0 Å². The Labute approximate surface area is 186 Å². The van der Waals surface area contributed by atoms with E-state index in [2.05, 4.69) is 5.32 Å². The minimum absolute atomic E-state index is 0.00168. The van der Waals surface area contributed by atoms with E-state index in [9.17, 15) is 16.8 Å². The van der Waals surface area contributed by atoms with Crippen LogP contribution in [0.4, 0.5) is 0 Å². The first-order valence-corrected chi connectivity index (χ1v) is 13.9. The van der Waals surface area contributed by atoms with Crippen LogP contribution in [-0.2, 0) is 19.7 Å². The average molecular weight is 465 g/mol. The lowest BCUT2D eigenvalue weighted by atomic mass is 10.0. The molecule has 170 valence electrons. The number of nitrogens with one attached hydrogen (secondary N) is 1. The summed E-state index contributed by atoms with van der Waals surface area (Å²) in [5, 5.41) is 2.27. The fourth-order valence-corrected chi connectivity index (χ4v) is 8.78. The molecule has 1 heterocycles. The second-order valence-corrected chi connectivity index (χ2v) is 13.1. The molecule has 0 bridgehead atoms. The molecule has 1 saturated heterocycles. The van der Waals surface area contributed by atoms with Crippen molar-refractivity contribution >= 4 is 19.7 Å². The summed E-state index contributed by atoms with van der Waals surface area (Å²) < 4.78 is 51.5. The van der Waals surface area contributed by atoms with Gasteiger partial charge in [0.1, 0.15) is 0 Å². The normalized spacial score (nSPS) is 22.1. The van der Waals surface area contributed by atoms with Gasteiger partial charge in [0.2, 0.25) is 0 Å². The standard InChI is InChI=1S/C23H32N2O4S2/c1-17(2)18-10-12-20(13-11-18)31(28,29)23-16-30(26,27)15-21(23)24-14-22(25(3)4)19-8-6-5-7-9-19/h5-13,17,21-24H,14-16H2,1-4H3/t21-,22?,23-/m0/s1. The number of likely N-dealkylation sites (N-methyl/N-ethyl adjacent to an activating group) is 1. The zero-order valence-corrected chi connectivity index (χ0v) is 20.2. The molecule has 1 N–H and O–H groups in total. The molecule has 1 fully saturated rings. The average Bonchev–Trinajstić information content (AvgIpc) is 3.04. The topological polar surface area (TPSA) is 83.5 Å². The molecule has 1 aliphatic rings. The maximum absolute atomic E-state index is 13.3. The van der Waals surface area contributed by atoms with E-state index in [0.29, 0.717) is 12.5 Å². The maximum atomic E-state index is 13.3. The summed E-state index contributed by atoms with van der Waals surface area (Å²) >= 11 is 0. The zero-order chi connectivity index (χ0) is 22.8. The summed E-state index contributed by atoms with van der Waals surface area (Å²) in [7, 11) is -3.33. The molecule has 0 radical (unpaired) electrons. The van der Waals surface area contributed by atoms with Crippen LogP contribution < -0.4 is 5.32 Å². The fraction of sp³-hybridized carbons (Fsp3) is 0.478. The largest absolute Gasteiger partial charge is 0.310 e. The Balaban J connectivity index is 1.83. The molecule has 31 heavy (non-hydrogen) atoms. The molecule has 6 nitrogen and oxygen atoms in total. The van der Waals surface area contributed by atoms with Crippen LogP contribution in [0, 0.1) is 0 Å². The highest BCUT2D eigenvalue weighted by molar-refractivity contribution is 7.96. The van der Waals surface area contributed by atoms with E-state index in [1.165, 1.54) is 0 Å². The Kier molecular flexibility index (Phi) is 7.25. The Morgan fingerprint density at radius 2 is 1.58 bits per heavy atom. The molecule has 3 rings (SSSR count). The van der Waals surface area contributed by atoms with Gasteiger partial charge in [-0.15, -0.1) is 0 Å². The first kappa shape index (κ1) is 23.9. The third-order valence-corrected chi connectivity index (χ3v) is 10.1. The second-order valence-electron chi connectivity index (χ2n) is 8.79. The van der Waals surface area contributed by atoms with E-state index in [0.717, 1.165) is 11.1 Å². The first-order chi connectivity index (χ1) is 14.5. The van der Waals surface area contributed by atoms with Gasteiger partial charge in [-0.05, 0) is 43.3 Å².